The standard InChI is InChI=1S/C20H24N4O/c1-4-13-24-18-8-6-5-7-17(18)21-20(24)22-19(25)16-11-9-15(10-12-16)14-23(2)3/h5-12H,4,13-14H2,1-3H3,(H,21,22,25). The second kappa shape index (κ2) is 7.49. The summed E-state index contributed by atoms with van der Waals surface area (Å²) < 4.78 is 2.06. The van der Waals surface area contributed by atoms with E-state index in [4.69, 9.17) is 0 Å². The number of hydrogen-bond acceptors (Lipinski definition) is 3. The molecule has 5 nitrogen and oxygen atoms in total. The van der Waals surface area contributed by atoms with Gasteiger partial charge in [-0.1, -0.05) is 31.2 Å². The number of amides is 1. The predicted molar refractivity (Wildman–Crippen MR) is 102 cm³/mol. The molecule has 0 saturated carbocycles. The molecule has 0 fully saturated rings. The summed E-state index contributed by atoms with van der Waals surface area (Å²) in [5.41, 5.74) is 3.76. The Morgan fingerprint density at radius 1 is 1.12 bits per heavy atom. The number of carbonyl (C=O) groups excluding carboxylic acids is 1. The van der Waals surface area contributed by atoms with Crippen LogP contribution in [0.25, 0.3) is 11.0 Å². The van der Waals surface area contributed by atoms with Gasteiger partial charge in [-0.2, -0.15) is 0 Å². The van der Waals surface area contributed by atoms with E-state index in [0.717, 1.165) is 30.5 Å². The molecule has 0 bridgehead atoms. The molecular weight excluding hydrogens is 312 g/mol. The Kier molecular flexibility index (Phi) is 5.14. The number of hydrogen-bond donors (Lipinski definition) is 1. The molecule has 2 aromatic carbocycles. The molecule has 1 amide bonds. The Morgan fingerprint density at radius 2 is 1.84 bits per heavy atom. The maximum Gasteiger partial charge on any atom is 0.257 e. The van der Waals surface area contributed by atoms with Crippen molar-refractivity contribution in [2.24, 2.45) is 0 Å². The van der Waals surface area contributed by atoms with E-state index in [9.17, 15) is 4.79 Å². The quantitative estimate of drug-likeness (QED) is 0.746. The first kappa shape index (κ1) is 17.2. The van der Waals surface area contributed by atoms with Crippen LogP contribution in [0.3, 0.4) is 0 Å². The fourth-order valence-electron chi connectivity index (χ4n) is 2.92. The SMILES string of the molecule is CCCn1c(NC(=O)c2ccc(CN(C)C)cc2)nc2ccccc21. The molecule has 3 rings (SSSR count). The van der Waals surface area contributed by atoms with Crippen molar-refractivity contribution in [3.05, 3.63) is 59.7 Å². The maximum absolute atomic E-state index is 12.6. The molecule has 5 heteroatoms. The monoisotopic (exact) mass is 336 g/mol. The van der Waals surface area contributed by atoms with Crippen molar-refractivity contribution >= 4 is 22.9 Å². The molecule has 1 aromatic heterocycles. The topological polar surface area (TPSA) is 50.2 Å². The summed E-state index contributed by atoms with van der Waals surface area (Å²) in [5.74, 6) is 0.467. The molecule has 0 saturated heterocycles. The Morgan fingerprint density at radius 3 is 2.52 bits per heavy atom. The van der Waals surface area contributed by atoms with Gasteiger partial charge in [-0.05, 0) is 50.3 Å². The van der Waals surface area contributed by atoms with E-state index in [2.05, 4.69) is 26.7 Å². The Labute approximate surface area is 148 Å². The molecule has 0 radical (unpaired) electrons. The van der Waals surface area contributed by atoms with Crippen molar-refractivity contribution in [3.63, 3.8) is 0 Å². The number of rotatable bonds is 6. The van der Waals surface area contributed by atoms with E-state index in [-0.39, 0.29) is 5.91 Å². The fraction of sp³-hybridized carbons (Fsp3) is 0.300. The van der Waals surface area contributed by atoms with Gasteiger partial charge in [-0.25, -0.2) is 4.98 Å². The molecule has 0 aliphatic heterocycles. The lowest BCUT2D eigenvalue weighted by Crippen LogP contribution is -2.16. The van der Waals surface area contributed by atoms with Gasteiger partial charge in [0.25, 0.3) is 5.91 Å². The average molecular weight is 336 g/mol. The largest absolute Gasteiger partial charge is 0.310 e. The molecule has 130 valence electrons. The van der Waals surface area contributed by atoms with Crippen LogP contribution in [-0.2, 0) is 13.1 Å². The summed E-state index contributed by atoms with van der Waals surface area (Å²) in [5, 5.41) is 2.96. The predicted octanol–water partition coefficient (Wildman–Crippen LogP) is 3.76. The Hall–Kier alpha value is -2.66. The van der Waals surface area contributed by atoms with Crippen LogP contribution in [0.2, 0.25) is 0 Å². The van der Waals surface area contributed by atoms with Crippen molar-refractivity contribution in [2.75, 3.05) is 19.4 Å². The Bertz CT molecular complexity index is 865. The van der Waals surface area contributed by atoms with Gasteiger partial charge in [-0.3, -0.25) is 10.1 Å². The molecule has 1 N–H and O–H groups in total. The molecule has 0 aliphatic rings. The van der Waals surface area contributed by atoms with Gasteiger partial charge in [0.1, 0.15) is 0 Å². The molecule has 0 spiro atoms. The smallest absolute Gasteiger partial charge is 0.257 e. The van der Waals surface area contributed by atoms with E-state index in [1.165, 1.54) is 5.56 Å². The molecule has 25 heavy (non-hydrogen) atoms. The first-order valence-electron chi connectivity index (χ1n) is 8.58. The lowest BCUT2D eigenvalue weighted by molar-refractivity contribution is 0.102. The molecule has 3 aromatic rings. The number of imidazole rings is 1. The van der Waals surface area contributed by atoms with Crippen molar-refractivity contribution in [1.82, 2.24) is 14.5 Å². The van der Waals surface area contributed by atoms with Gasteiger partial charge < -0.3 is 9.47 Å². The zero-order valence-electron chi connectivity index (χ0n) is 15.0. The third kappa shape index (κ3) is 3.88. The highest BCUT2D eigenvalue weighted by atomic mass is 16.1. The number of fused-ring (bicyclic) bond motifs is 1. The minimum Gasteiger partial charge on any atom is -0.310 e. The van der Waals surface area contributed by atoms with Crippen LogP contribution in [0.15, 0.2) is 48.5 Å². The lowest BCUT2D eigenvalue weighted by Gasteiger charge is -2.11. The van der Waals surface area contributed by atoms with Crippen molar-refractivity contribution < 1.29 is 4.79 Å². The van der Waals surface area contributed by atoms with Gasteiger partial charge >= 0.3 is 0 Å². The number of benzene rings is 2. The minimum absolute atomic E-state index is 0.135. The summed E-state index contributed by atoms with van der Waals surface area (Å²) >= 11 is 0. The molecule has 0 unspecified atom stereocenters. The summed E-state index contributed by atoms with van der Waals surface area (Å²) in [6.07, 6.45) is 0.975. The van der Waals surface area contributed by atoms with Crippen LogP contribution >= 0.6 is 0 Å². The van der Waals surface area contributed by atoms with Crippen molar-refractivity contribution in [3.8, 4) is 0 Å². The van der Waals surface area contributed by atoms with Crippen LogP contribution in [0.4, 0.5) is 5.95 Å². The second-order valence-corrected chi connectivity index (χ2v) is 6.46. The fourth-order valence-corrected chi connectivity index (χ4v) is 2.92. The molecule has 1 heterocycles. The number of aryl methyl sites for hydroxylation is 1. The first-order valence-corrected chi connectivity index (χ1v) is 8.58. The average Bonchev–Trinajstić information content (AvgIpc) is 2.93. The highest BCUT2D eigenvalue weighted by Gasteiger charge is 2.13. The number of para-hydroxylation sites is 2. The van der Waals surface area contributed by atoms with Crippen molar-refractivity contribution in [2.45, 2.75) is 26.4 Å². The number of nitrogens with one attached hydrogen (secondary N) is 1. The lowest BCUT2D eigenvalue weighted by atomic mass is 10.1. The normalized spacial score (nSPS) is 11.2. The van der Waals surface area contributed by atoms with E-state index in [1.807, 2.05) is 62.6 Å². The van der Waals surface area contributed by atoms with Crippen LogP contribution in [0.1, 0.15) is 29.3 Å². The van der Waals surface area contributed by atoms with Crippen LogP contribution in [0.5, 0.6) is 0 Å². The van der Waals surface area contributed by atoms with Crippen LogP contribution in [0, 0.1) is 0 Å². The van der Waals surface area contributed by atoms with E-state index >= 15 is 0 Å². The van der Waals surface area contributed by atoms with E-state index < -0.39 is 0 Å². The highest BCUT2D eigenvalue weighted by molar-refractivity contribution is 6.04. The van der Waals surface area contributed by atoms with Gasteiger partial charge in [0.15, 0.2) is 0 Å². The maximum atomic E-state index is 12.6. The molecule has 0 aliphatic carbocycles. The molecular formula is C20H24N4O. The van der Waals surface area contributed by atoms with Crippen LogP contribution < -0.4 is 5.32 Å². The number of nitrogens with zero attached hydrogens (tertiary/aromatic N) is 3. The minimum atomic E-state index is -0.135. The third-order valence-electron chi connectivity index (χ3n) is 4.04. The summed E-state index contributed by atoms with van der Waals surface area (Å²) in [7, 11) is 4.05. The van der Waals surface area contributed by atoms with E-state index in [0.29, 0.717) is 11.5 Å². The Balaban J connectivity index is 1.83. The molecule has 0 atom stereocenters. The van der Waals surface area contributed by atoms with Gasteiger partial charge in [0, 0.05) is 18.7 Å². The summed E-state index contributed by atoms with van der Waals surface area (Å²) in [6.45, 7) is 3.79. The number of aromatic nitrogens is 2. The van der Waals surface area contributed by atoms with Crippen molar-refractivity contribution in [1.29, 1.82) is 0 Å². The highest BCUT2D eigenvalue weighted by Crippen LogP contribution is 2.20. The zero-order chi connectivity index (χ0) is 17.8. The van der Waals surface area contributed by atoms with Gasteiger partial charge in [-0.15, -0.1) is 0 Å². The summed E-state index contributed by atoms with van der Waals surface area (Å²) in [6, 6.07) is 15.7. The second-order valence-electron chi connectivity index (χ2n) is 6.46. The number of anilines is 1. The van der Waals surface area contributed by atoms with Gasteiger partial charge in [0.05, 0.1) is 11.0 Å². The van der Waals surface area contributed by atoms with Crippen LogP contribution in [-0.4, -0.2) is 34.5 Å². The zero-order valence-corrected chi connectivity index (χ0v) is 15.0. The van der Waals surface area contributed by atoms with Gasteiger partial charge in [0.2, 0.25) is 5.95 Å². The van der Waals surface area contributed by atoms with E-state index in [1.54, 1.807) is 0 Å². The summed E-state index contributed by atoms with van der Waals surface area (Å²) in [4.78, 5) is 19.3. The third-order valence-corrected chi connectivity index (χ3v) is 4.04. The first-order chi connectivity index (χ1) is 12.1. The number of carbonyl (C=O) groups is 1.